The molecule has 0 atom stereocenters. The summed E-state index contributed by atoms with van der Waals surface area (Å²) in [5.41, 5.74) is 0.718. The van der Waals surface area contributed by atoms with E-state index in [1.165, 1.54) is 32.1 Å². The van der Waals surface area contributed by atoms with E-state index >= 15 is 0 Å². The summed E-state index contributed by atoms with van der Waals surface area (Å²) in [4.78, 5) is 12.4. The fourth-order valence-corrected chi connectivity index (χ4v) is 3.95. The van der Waals surface area contributed by atoms with Crippen LogP contribution in [0.5, 0.6) is 11.5 Å². The lowest BCUT2D eigenvalue weighted by Crippen LogP contribution is -2.12. The van der Waals surface area contributed by atoms with E-state index in [2.05, 4.69) is 0 Å². The predicted octanol–water partition coefficient (Wildman–Crippen LogP) is 4.73. The van der Waals surface area contributed by atoms with Crippen molar-refractivity contribution in [3.63, 3.8) is 0 Å². The number of hydrogen-bond donors (Lipinski definition) is 0. The Kier molecular flexibility index (Phi) is 7.10. The number of thioether (sulfide) groups is 1. The SMILES string of the molecule is CCOc1ccc(C(=O)CSC2CCCCC2)cc1OCC. The highest BCUT2D eigenvalue weighted by Gasteiger charge is 2.17. The Morgan fingerprint density at radius 3 is 2.45 bits per heavy atom. The molecular formula is C18H26O3S. The molecule has 122 valence electrons. The van der Waals surface area contributed by atoms with Gasteiger partial charge in [0.25, 0.3) is 0 Å². The molecule has 0 spiro atoms. The molecule has 1 saturated carbocycles. The third-order valence-electron chi connectivity index (χ3n) is 3.87. The summed E-state index contributed by atoms with van der Waals surface area (Å²) >= 11 is 1.81. The molecule has 1 aliphatic rings. The van der Waals surface area contributed by atoms with E-state index in [9.17, 15) is 4.79 Å². The molecule has 0 aromatic heterocycles. The zero-order chi connectivity index (χ0) is 15.8. The van der Waals surface area contributed by atoms with Gasteiger partial charge >= 0.3 is 0 Å². The second kappa shape index (κ2) is 9.09. The third kappa shape index (κ3) is 4.94. The number of ether oxygens (including phenoxy) is 2. The van der Waals surface area contributed by atoms with Crippen LogP contribution in [-0.4, -0.2) is 30.0 Å². The van der Waals surface area contributed by atoms with E-state index < -0.39 is 0 Å². The van der Waals surface area contributed by atoms with Gasteiger partial charge in [0.05, 0.1) is 19.0 Å². The molecule has 1 aromatic carbocycles. The monoisotopic (exact) mass is 322 g/mol. The van der Waals surface area contributed by atoms with Crippen molar-refractivity contribution in [2.24, 2.45) is 0 Å². The molecule has 0 N–H and O–H groups in total. The van der Waals surface area contributed by atoms with E-state index in [0.29, 0.717) is 35.7 Å². The third-order valence-corrected chi connectivity index (χ3v) is 5.24. The second-order valence-electron chi connectivity index (χ2n) is 5.52. The van der Waals surface area contributed by atoms with Gasteiger partial charge in [-0.2, -0.15) is 11.8 Å². The van der Waals surface area contributed by atoms with Crippen LogP contribution in [-0.2, 0) is 0 Å². The Morgan fingerprint density at radius 2 is 1.77 bits per heavy atom. The van der Waals surface area contributed by atoms with Crippen molar-refractivity contribution in [2.75, 3.05) is 19.0 Å². The van der Waals surface area contributed by atoms with E-state index in [4.69, 9.17) is 9.47 Å². The molecule has 0 unspecified atom stereocenters. The molecular weight excluding hydrogens is 296 g/mol. The quantitative estimate of drug-likeness (QED) is 0.648. The number of Topliss-reactive ketones (excluding diaryl/α,β-unsaturated/α-hetero) is 1. The van der Waals surface area contributed by atoms with E-state index in [1.807, 2.05) is 43.8 Å². The summed E-state index contributed by atoms with van der Waals surface area (Å²) in [6, 6.07) is 5.50. The second-order valence-corrected chi connectivity index (χ2v) is 6.81. The first-order valence-corrected chi connectivity index (χ1v) is 9.34. The highest BCUT2D eigenvalue weighted by Crippen LogP contribution is 2.31. The van der Waals surface area contributed by atoms with Crippen molar-refractivity contribution in [2.45, 2.75) is 51.2 Å². The van der Waals surface area contributed by atoms with E-state index in [-0.39, 0.29) is 5.78 Å². The number of hydrogen-bond acceptors (Lipinski definition) is 4. The Labute approximate surface area is 137 Å². The van der Waals surface area contributed by atoms with Gasteiger partial charge in [-0.1, -0.05) is 19.3 Å². The standard InChI is InChI=1S/C18H26O3S/c1-3-20-17-11-10-14(12-18(17)21-4-2)16(19)13-22-15-8-6-5-7-9-15/h10-12,15H,3-9,13H2,1-2H3. The number of benzene rings is 1. The Bertz CT molecular complexity index is 481. The number of carbonyl (C=O) groups excluding carboxylic acids is 1. The molecule has 1 fully saturated rings. The van der Waals surface area contributed by atoms with Crippen LogP contribution in [0.4, 0.5) is 0 Å². The molecule has 0 radical (unpaired) electrons. The van der Waals surface area contributed by atoms with Gasteiger partial charge in [-0.15, -0.1) is 0 Å². The summed E-state index contributed by atoms with van der Waals surface area (Å²) in [5.74, 6) is 2.11. The zero-order valence-electron chi connectivity index (χ0n) is 13.6. The molecule has 2 rings (SSSR count). The number of rotatable bonds is 8. The average molecular weight is 322 g/mol. The minimum atomic E-state index is 0.180. The maximum atomic E-state index is 12.4. The first-order valence-electron chi connectivity index (χ1n) is 8.29. The molecule has 0 amide bonds. The lowest BCUT2D eigenvalue weighted by Gasteiger charge is -2.20. The van der Waals surface area contributed by atoms with Crippen LogP contribution in [0, 0.1) is 0 Å². The summed E-state index contributed by atoms with van der Waals surface area (Å²) < 4.78 is 11.1. The molecule has 0 bridgehead atoms. The highest BCUT2D eigenvalue weighted by atomic mass is 32.2. The maximum absolute atomic E-state index is 12.4. The Morgan fingerprint density at radius 1 is 1.09 bits per heavy atom. The number of ketones is 1. The van der Waals surface area contributed by atoms with Crippen molar-refractivity contribution in [1.29, 1.82) is 0 Å². The van der Waals surface area contributed by atoms with Crippen molar-refractivity contribution in [3.8, 4) is 11.5 Å². The predicted molar refractivity (Wildman–Crippen MR) is 92.4 cm³/mol. The molecule has 0 heterocycles. The van der Waals surface area contributed by atoms with E-state index in [1.54, 1.807) is 0 Å². The van der Waals surface area contributed by atoms with Crippen LogP contribution in [0.15, 0.2) is 18.2 Å². The topological polar surface area (TPSA) is 35.5 Å². The first-order chi connectivity index (χ1) is 10.7. The van der Waals surface area contributed by atoms with Crippen molar-refractivity contribution >= 4 is 17.5 Å². The fraction of sp³-hybridized carbons (Fsp3) is 0.611. The minimum absolute atomic E-state index is 0.180. The van der Waals surface area contributed by atoms with Crippen LogP contribution in [0.1, 0.15) is 56.3 Å². The van der Waals surface area contributed by atoms with Gasteiger partial charge < -0.3 is 9.47 Å². The van der Waals surface area contributed by atoms with Gasteiger partial charge in [0, 0.05) is 10.8 Å². The van der Waals surface area contributed by atoms with Crippen molar-refractivity contribution in [3.05, 3.63) is 23.8 Å². The molecule has 4 heteroatoms. The largest absolute Gasteiger partial charge is 0.490 e. The van der Waals surface area contributed by atoms with Crippen LogP contribution < -0.4 is 9.47 Å². The fourth-order valence-electron chi connectivity index (χ4n) is 2.73. The molecule has 0 saturated heterocycles. The summed E-state index contributed by atoms with van der Waals surface area (Å²) in [7, 11) is 0. The average Bonchev–Trinajstić information content (AvgIpc) is 2.55. The zero-order valence-corrected chi connectivity index (χ0v) is 14.4. The molecule has 3 nitrogen and oxygen atoms in total. The van der Waals surface area contributed by atoms with Crippen LogP contribution >= 0.6 is 11.8 Å². The summed E-state index contributed by atoms with van der Waals surface area (Å²) in [6.07, 6.45) is 6.48. The van der Waals surface area contributed by atoms with Gasteiger partial charge in [-0.05, 0) is 44.9 Å². The van der Waals surface area contributed by atoms with Crippen LogP contribution in [0.25, 0.3) is 0 Å². The molecule has 1 aromatic rings. The molecule has 0 aliphatic heterocycles. The lowest BCUT2D eigenvalue weighted by molar-refractivity contribution is 0.102. The molecule has 1 aliphatic carbocycles. The maximum Gasteiger partial charge on any atom is 0.172 e. The molecule has 22 heavy (non-hydrogen) atoms. The Hall–Kier alpha value is -1.16. The summed E-state index contributed by atoms with van der Waals surface area (Å²) in [5, 5.41) is 0.659. The van der Waals surface area contributed by atoms with Gasteiger partial charge in [0.2, 0.25) is 0 Å². The van der Waals surface area contributed by atoms with Crippen molar-refractivity contribution in [1.82, 2.24) is 0 Å². The first kappa shape index (κ1) is 17.2. The van der Waals surface area contributed by atoms with Gasteiger partial charge in [-0.3, -0.25) is 4.79 Å². The van der Waals surface area contributed by atoms with Crippen LogP contribution in [0.2, 0.25) is 0 Å². The summed E-state index contributed by atoms with van der Waals surface area (Å²) in [6.45, 7) is 5.03. The Balaban J connectivity index is 1.97. The van der Waals surface area contributed by atoms with Gasteiger partial charge in [0.1, 0.15) is 0 Å². The normalized spacial score (nSPS) is 15.5. The van der Waals surface area contributed by atoms with Crippen molar-refractivity contribution < 1.29 is 14.3 Å². The van der Waals surface area contributed by atoms with Gasteiger partial charge in [0.15, 0.2) is 17.3 Å². The number of carbonyl (C=O) groups is 1. The minimum Gasteiger partial charge on any atom is -0.490 e. The lowest BCUT2D eigenvalue weighted by atomic mass is 10.0. The smallest absolute Gasteiger partial charge is 0.172 e. The van der Waals surface area contributed by atoms with E-state index in [0.717, 1.165) is 5.56 Å². The highest BCUT2D eigenvalue weighted by molar-refractivity contribution is 8.00. The van der Waals surface area contributed by atoms with Crippen LogP contribution in [0.3, 0.4) is 0 Å². The van der Waals surface area contributed by atoms with Gasteiger partial charge in [-0.25, -0.2) is 0 Å².